The number of hydrogen-bond acceptors (Lipinski definition) is 4. The average molecular weight is 372 g/mol. The molecule has 0 saturated carbocycles. The Morgan fingerprint density at radius 1 is 1.50 bits per heavy atom. The van der Waals surface area contributed by atoms with Gasteiger partial charge in [-0.05, 0) is 54.4 Å². The van der Waals surface area contributed by atoms with E-state index in [9.17, 15) is 19.6 Å². The van der Waals surface area contributed by atoms with Crippen molar-refractivity contribution in [1.82, 2.24) is 5.32 Å². The Morgan fingerprint density at radius 2 is 2.05 bits per heavy atom. The predicted molar refractivity (Wildman–Crippen MR) is 80.7 cm³/mol. The summed E-state index contributed by atoms with van der Waals surface area (Å²) in [6.07, 6.45) is -0.939. The van der Waals surface area contributed by atoms with Gasteiger partial charge in [-0.25, -0.2) is 0 Å². The molecule has 0 heterocycles. The van der Waals surface area contributed by atoms with Crippen LogP contribution < -0.4 is 5.32 Å². The van der Waals surface area contributed by atoms with Gasteiger partial charge < -0.3 is 10.4 Å². The first-order valence-electron chi connectivity index (χ1n) is 5.68. The minimum absolute atomic E-state index is 0. The molecule has 1 aromatic carbocycles. The van der Waals surface area contributed by atoms with E-state index >= 15 is 0 Å². The number of β-amino-alcohol motifs (C(OH)–C–C–N with tert-alkyl or cyclic N) is 1. The summed E-state index contributed by atoms with van der Waals surface area (Å²) in [5.41, 5.74) is -0.524. The molecule has 0 saturated heterocycles. The molecule has 0 spiro atoms. The second kappa shape index (κ2) is 7.31. The number of aliphatic hydroxyl groups is 1. The highest BCUT2D eigenvalue weighted by molar-refractivity contribution is 9.10. The van der Waals surface area contributed by atoms with Crippen LogP contribution in [-0.2, 0) is 0 Å². The van der Waals surface area contributed by atoms with Gasteiger partial charge in [-0.1, -0.05) is 0 Å². The zero-order valence-corrected chi connectivity index (χ0v) is 13.7. The van der Waals surface area contributed by atoms with E-state index in [1.165, 1.54) is 6.07 Å². The van der Waals surface area contributed by atoms with Crippen molar-refractivity contribution in [3.63, 3.8) is 0 Å². The molecular formula is C12H17BrClFN2O3. The second-order valence-electron chi connectivity index (χ2n) is 5.24. The smallest absolute Gasteiger partial charge is 0.318 e. The van der Waals surface area contributed by atoms with E-state index in [1.807, 2.05) is 20.8 Å². The maximum absolute atomic E-state index is 13.6. The molecule has 1 unspecified atom stereocenters. The van der Waals surface area contributed by atoms with Crippen LogP contribution in [0.15, 0.2) is 16.6 Å². The third-order valence-corrected chi connectivity index (χ3v) is 3.04. The Kier molecular flexibility index (Phi) is 7.03. The zero-order chi connectivity index (χ0) is 14.8. The third-order valence-electron chi connectivity index (χ3n) is 2.43. The van der Waals surface area contributed by atoms with Gasteiger partial charge in [0.25, 0.3) is 0 Å². The van der Waals surface area contributed by atoms with Crippen molar-refractivity contribution in [2.75, 3.05) is 6.54 Å². The lowest BCUT2D eigenvalue weighted by atomic mass is 10.1. The third kappa shape index (κ3) is 5.32. The van der Waals surface area contributed by atoms with E-state index in [2.05, 4.69) is 21.2 Å². The van der Waals surface area contributed by atoms with Crippen molar-refractivity contribution >= 4 is 34.0 Å². The fourth-order valence-electron chi connectivity index (χ4n) is 1.47. The number of hydrogen-bond donors (Lipinski definition) is 2. The molecule has 0 fully saturated rings. The van der Waals surface area contributed by atoms with Gasteiger partial charge in [-0.2, -0.15) is 4.39 Å². The van der Waals surface area contributed by atoms with Crippen molar-refractivity contribution in [3.05, 3.63) is 38.1 Å². The van der Waals surface area contributed by atoms with Gasteiger partial charge in [0, 0.05) is 12.1 Å². The van der Waals surface area contributed by atoms with Crippen LogP contribution in [-0.4, -0.2) is 22.1 Å². The van der Waals surface area contributed by atoms with Crippen molar-refractivity contribution in [2.24, 2.45) is 0 Å². The summed E-state index contributed by atoms with van der Waals surface area (Å²) in [4.78, 5) is 9.84. The molecule has 0 radical (unpaired) electrons. The topological polar surface area (TPSA) is 75.4 Å². The summed E-state index contributed by atoms with van der Waals surface area (Å²) in [7, 11) is 0. The lowest BCUT2D eigenvalue weighted by Crippen LogP contribution is -2.38. The van der Waals surface area contributed by atoms with Crippen LogP contribution in [0.3, 0.4) is 0 Å². The summed E-state index contributed by atoms with van der Waals surface area (Å²) < 4.78 is 13.6. The van der Waals surface area contributed by atoms with Crippen LogP contribution in [0.5, 0.6) is 0 Å². The van der Waals surface area contributed by atoms with Gasteiger partial charge >= 0.3 is 5.69 Å². The fraction of sp³-hybridized carbons (Fsp3) is 0.500. The summed E-state index contributed by atoms with van der Waals surface area (Å²) in [5, 5.41) is 23.7. The molecule has 2 N–H and O–H groups in total. The molecule has 20 heavy (non-hydrogen) atoms. The quantitative estimate of drug-likeness (QED) is 0.629. The van der Waals surface area contributed by atoms with Crippen LogP contribution in [0.1, 0.15) is 32.4 Å². The van der Waals surface area contributed by atoms with Crippen molar-refractivity contribution in [1.29, 1.82) is 0 Å². The van der Waals surface area contributed by atoms with E-state index in [0.29, 0.717) is 0 Å². The van der Waals surface area contributed by atoms with Crippen molar-refractivity contribution < 1.29 is 14.4 Å². The highest BCUT2D eigenvalue weighted by Gasteiger charge is 2.22. The van der Waals surface area contributed by atoms with Gasteiger partial charge in [-0.3, -0.25) is 10.1 Å². The molecule has 1 rings (SSSR count). The lowest BCUT2D eigenvalue weighted by molar-refractivity contribution is -0.388. The van der Waals surface area contributed by atoms with Crippen LogP contribution in [0.2, 0.25) is 0 Å². The number of nitro groups is 1. The first kappa shape index (κ1) is 19.2. The number of nitrogens with one attached hydrogen (secondary N) is 1. The molecule has 5 nitrogen and oxygen atoms in total. The molecular weight excluding hydrogens is 354 g/mol. The monoisotopic (exact) mass is 370 g/mol. The Bertz CT molecular complexity index is 471. The van der Waals surface area contributed by atoms with E-state index in [1.54, 1.807) is 0 Å². The van der Waals surface area contributed by atoms with Crippen molar-refractivity contribution in [2.45, 2.75) is 32.4 Å². The summed E-state index contributed by atoms with van der Waals surface area (Å²) in [6, 6.07) is 2.34. The number of nitro benzene ring substituents is 1. The maximum Gasteiger partial charge on any atom is 0.318 e. The van der Waals surface area contributed by atoms with Crippen LogP contribution in [0.4, 0.5) is 10.1 Å². The zero-order valence-electron chi connectivity index (χ0n) is 11.3. The molecule has 0 aliphatic carbocycles. The highest BCUT2D eigenvalue weighted by Crippen LogP contribution is 2.31. The largest absolute Gasteiger partial charge is 0.387 e. The van der Waals surface area contributed by atoms with Crippen LogP contribution >= 0.6 is 28.3 Å². The Balaban J connectivity index is 0.00000361. The molecule has 1 aromatic rings. The van der Waals surface area contributed by atoms with Gasteiger partial charge in [0.1, 0.15) is 0 Å². The van der Waals surface area contributed by atoms with Gasteiger partial charge in [-0.15, -0.1) is 12.4 Å². The summed E-state index contributed by atoms with van der Waals surface area (Å²) in [5.74, 6) is -0.968. The summed E-state index contributed by atoms with van der Waals surface area (Å²) in [6.45, 7) is 6.04. The van der Waals surface area contributed by atoms with Gasteiger partial charge in [0.15, 0.2) is 0 Å². The molecule has 8 heteroatoms. The summed E-state index contributed by atoms with van der Waals surface area (Å²) >= 11 is 2.94. The Morgan fingerprint density at radius 3 is 2.45 bits per heavy atom. The minimum Gasteiger partial charge on any atom is -0.387 e. The van der Waals surface area contributed by atoms with E-state index in [0.717, 1.165) is 6.07 Å². The molecule has 1 atom stereocenters. The molecule has 0 bridgehead atoms. The Labute approximate surface area is 131 Å². The average Bonchev–Trinajstić information content (AvgIpc) is 2.23. The van der Waals surface area contributed by atoms with E-state index < -0.39 is 22.5 Å². The van der Waals surface area contributed by atoms with Crippen molar-refractivity contribution in [3.8, 4) is 0 Å². The number of benzene rings is 1. The van der Waals surface area contributed by atoms with Gasteiger partial charge in [0.2, 0.25) is 5.82 Å². The number of aliphatic hydroxyl groups excluding tert-OH is 1. The number of rotatable bonds is 4. The normalized spacial score (nSPS) is 12.7. The van der Waals surface area contributed by atoms with Crippen LogP contribution in [0, 0.1) is 15.9 Å². The second-order valence-corrected chi connectivity index (χ2v) is 6.09. The Hall–Kier alpha value is -0.760. The maximum atomic E-state index is 13.6. The molecule has 114 valence electrons. The van der Waals surface area contributed by atoms with E-state index in [4.69, 9.17) is 0 Å². The molecule has 0 aliphatic heterocycles. The molecule has 0 aromatic heterocycles. The number of nitrogens with zero attached hydrogens (tertiary/aromatic N) is 1. The lowest BCUT2D eigenvalue weighted by Gasteiger charge is -2.23. The minimum atomic E-state index is -0.968. The first-order chi connectivity index (χ1) is 8.61. The highest BCUT2D eigenvalue weighted by atomic mass is 79.9. The SMILES string of the molecule is CC(C)(C)NCC(O)c1cc(F)c([N+](=O)[O-])c(Br)c1.Cl. The van der Waals surface area contributed by atoms with Gasteiger partial charge in [0.05, 0.1) is 15.5 Å². The molecule has 0 aliphatic rings. The number of halogens is 3. The predicted octanol–water partition coefficient (Wildman–Crippen LogP) is 3.34. The van der Waals surface area contributed by atoms with E-state index in [-0.39, 0.29) is 34.5 Å². The fourth-order valence-corrected chi connectivity index (χ4v) is 2.07. The first-order valence-corrected chi connectivity index (χ1v) is 6.47. The molecule has 0 amide bonds. The standard InChI is InChI=1S/C12H16BrFN2O3.ClH/c1-12(2,3)15-6-10(17)7-4-8(13)11(16(18)19)9(14)5-7;/h4-5,10,15,17H,6H2,1-3H3;1H. The van der Waals surface area contributed by atoms with Crippen LogP contribution in [0.25, 0.3) is 0 Å².